The predicted octanol–water partition coefficient (Wildman–Crippen LogP) is 2.82. The van der Waals surface area contributed by atoms with E-state index in [-0.39, 0.29) is 24.2 Å². The Kier molecular flexibility index (Phi) is 9.00. The summed E-state index contributed by atoms with van der Waals surface area (Å²) in [6.07, 6.45) is 1.92. The first-order valence-electron chi connectivity index (χ1n) is 6.41. The van der Waals surface area contributed by atoms with Crippen molar-refractivity contribution in [2.24, 2.45) is 11.7 Å². The summed E-state index contributed by atoms with van der Waals surface area (Å²) in [6, 6.07) is 7.33. The Bertz CT molecular complexity index is 368. The summed E-state index contributed by atoms with van der Waals surface area (Å²) < 4.78 is 5.36. The third kappa shape index (κ3) is 6.45. The molecule has 1 amide bonds. The van der Waals surface area contributed by atoms with Crippen molar-refractivity contribution in [3.63, 3.8) is 0 Å². The quantitative estimate of drug-likeness (QED) is 0.810. The van der Waals surface area contributed by atoms with Crippen molar-refractivity contribution in [2.75, 3.05) is 18.5 Å². The highest BCUT2D eigenvalue weighted by molar-refractivity contribution is 5.92. The summed E-state index contributed by atoms with van der Waals surface area (Å²) in [4.78, 5) is 11.8. The number of nitrogens with one attached hydrogen (secondary N) is 1. The topological polar surface area (TPSA) is 64.3 Å². The minimum Gasteiger partial charge on any atom is -0.492 e. The second kappa shape index (κ2) is 9.64. The maximum absolute atomic E-state index is 11.8. The minimum absolute atomic E-state index is 0. The van der Waals surface area contributed by atoms with Crippen LogP contribution in [0.1, 0.15) is 26.7 Å². The fourth-order valence-corrected chi connectivity index (χ4v) is 1.64. The first kappa shape index (κ1) is 17.7. The van der Waals surface area contributed by atoms with Crippen molar-refractivity contribution in [3.8, 4) is 5.75 Å². The number of anilines is 1. The van der Waals surface area contributed by atoms with Crippen molar-refractivity contribution in [2.45, 2.75) is 26.7 Å². The third-order valence-corrected chi connectivity index (χ3v) is 2.68. The lowest BCUT2D eigenvalue weighted by molar-refractivity contribution is -0.119. The molecule has 5 heteroatoms. The molecule has 0 aliphatic heterocycles. The van der Waals surface area contributed by atoms with Crippen molar-refractivity contribution in [3.05, 3.63) is 24.3 Å². The predicted molar refractivity (Wildman–Crippen MR) is 80.9 cm³/mol. The molecular weight excluding hydrogens is 264 g/mol. The van der Waals surface area contributed by atoms with Crippen molar-refractivity contribution in [1.29, 1.82) is 0 Å². The summed E-state index contributed by atoms with van der Waals surface area (Å²) in [5.41, 5.74) is 6.15. The van der Waals surface area contributed by atoms with Crippen LogP contribution in [-0.4, -0.2) is 19.1 Å². The molecule has 4 nitrogen and oxygen atoms in total. The highest BCUT2D eigenvalue weighted by Gasteiger charge is 2.11. The van der Waals surface area contributed by atoms with E-state index >= 15 is 0 Å². The van der Waals surface area contributed by atoms with Crippen LogP contribution < -0.4 is 15.8 Å². The molecule has 0 bridgehead atoms. The molecular formula is C14H23ClN2O2. The molecule has 0 radical (unpaired) electrons. The number of halogens is 1. The van der Waals surface area contributed by atoms with Gasteiger partial charge in [-0.15, -0.1) is 12.4 Å². The largest absolute Gasteiger partial charge is 0.492 e. The van der Waals surface area contributed by atoms with Crippen LogP contribution in [0.4, 0.5) is 5.69 Å². The molecule has 0 fully saturated rings. The second-order valence-corrected chi connectivity index (χ2v) is 4.34. The molecule has 0 spiro atoms. The molecule has 0 heterocycles. The van der Waals surface area contributed by atoms with Crippen LogP contribution in [0.5, 0.6) is 5.75 Å². The SMILES string of the molecule is CCCC(C)C(=O)Nc1ccc(OCCN)cc1.Cl. The minimum atomic E-state index is 0. The number of amides is 1. The van der Waals surface area contributed by atoms with E-state index in [0.717, 1.165) is 24.3 Å². The van der Waals surface area contributed by atoms with Crippen LogP contribution >= 0.6 is 12.4 Å². The van der Waals surface area contributed by atoms with E-state index in [2.05, 4.69) is 12.2 Å². The second-order valence-electron chi connectivity index (χ2n) is 4.34. The van der Waals surface area contributed by atoms with E-state index in [4.69, 9.17) is 10.5 Å². The van der Waals surface area contributed by atoms with Gasteiger partial charge >= 0.3 is 0 Å². The zero-order valence-electron chi connectivity index (χ0n) is 11.5. The van der Waals surface area contributed by atoms with Gasteiger partial charge in [-0.3, -0.25) is 4.79 Å². The van der Waals surface area contributed by atoms with Gasteiger partial charge in [-0.05, 0) is 30.7 Å². The molecule has 0 saturated carbocycles. The van der Waals surface area contributed by atoms with Crippen LogP contribution in [0.2, 0.25) is 0 Å². The van der Waals surface area contributed by atoms with Crippen LogP contribution in [0.15, 0.2) is 24.3 Å². The van der Waals surface area contributed by atoms with Gasteiger partial charge in [0.25, 0.3) is 0 Å². The van der Waals surface area contributed by atoms with Crippen molar-refractivity contribution < 1.29 is 9.53 Å². The van der Waals surface area contributed by atoms with E-state index in [1.165, 1.54) is 0 Å². The number of nitrogens with two attached hydrogens (primary N) is 1. The van der Waals surface area contributed by atoms with Crippen LogP contribution in [0, 0.1) is 5.92 Å². The zero-order valence-corrected chi connectivity index (χ0v) is 12.3. The molecule has 3 N–H and O–H groups in total. The van der Waals surface area contributed by atoms with Gasteiger partial charge in [0.15, 0.2) is 0 Å². The molecule has 1 rings (SSSR count). The Morgan fingerprint density at radius 2 is 2.00 bits per heavy atom. The molecule has 1 aromatic carbocycles. The summed E-state index contributed by atoms with van der Waals surface area (Å²) >= 11 is 0. The molecule has 1 atom stereocenters. The first-order valence-corrected chi connectivity index (χ1v) is 6.41. The number of carbonyl (C=O) groups excluding carboxylic acids is 1. The number of hydrogen-bond donors (Lipinski definition) is 2. The normalized spacial score (nSPS) is 11.3. The van der Waals surface area contributed by atoms with Crippen molar-refractivity contribution in [1.82, 2.24) is 0 Å². The number of ether oxygens (including phenoxy) is 1. The Hall–Kier alpha value is -1.26. The van der Waals surface area contributed by atoms with Crippen LogP contribution in [0.3, 0.4) is 0 Å². The maximum atomic E-state index is 11.8. The van der Waals surface area contributed by atoms with Gasteiger partial charge in [-0.2, -0.15) is 0 Å². The van der Waals surface area contributed by atoms with Gasteiger partial charge in [0.05, 0.1) is 0 Å². The average molecular weight is 287 g/mol. The Morgan fingerprint density at radius 1 is 1.37 bits per heavy atom. The van der Waals surface area contributed by atoms with Gasteiger partial charge in [0, 0.05) is 18.2 Å². The molecule has 0 saturated heterocycles. The van der Waals surface area contributed by atoms with E-state index in [1.807, 2.05) is 31.2 Å². The van der Waals surface area contributed by atoms with Crippen LogP contribution in [-0.2, 0) is 4.79 Å². The highest BCUT2D eigenvalue weighted by atomic mass is 35.5. The van der Waals surface area contributed by atoms with E-state index in [1.54, 1.807) is 0 Å². The fourth-order valence-electron chi connectivity index (χ4n) is 1.64. The molecule has 19 heavy (non-hydrogen) atoms. The van der Waals surface area contributed by atoms with Gasteiger partial charge in [-0.25, -0.2) is 0 Å². The summed E-state index contributed by atoms with van der Waals surface area (Å²) in [5, 5.41) is 2.89. The molecule has 0 aliphatic rings. The van der Waals surface area contributed by atoms with Gasteiger partial charge < -0.3 is 15.8 Å². The lowest BCUT2D eigenvalue weighted by atomic mass is 10.1. The van der Waals surface area contributed by atoms with Crippen molar-refractivity contribution >= 4 is 24.0 Å². The number of hydrogen-bond acceptors (Lipinski definition) is 3. The number of rotatable bonds is 7. The number of benzene rings is 1. The first-order chi connectivity index (χ1) is 8.67. The van der Waals surface area contributed by atoms with E-state index < -0.39 is 0 Å². The fraction of sp³-hybridized carbons (Fsp3) is 0.500. The Balaban J connectivity index is 0.00000324. The molecule has 108 valence electrons. The maximum Gasteiger partial charge on any atom is 0.227 e. The Labute approximate surface area is 121 Å². The Morgan fingerprint density at radius 3 is 2.53 bits per heavy atom. The summed E-state index contributed by atoms with van der Waals surface area (Å²) in [6.45, 7) is 5.01. The zero-order chi connectivity index (χ0) is 13.4. The average Bonchev–Trinajstić information content (AvgIpc) is 2.38. The third-order valence-electron chi connectivity index (χ3n) is 2.68. The summed E-state index contributed by atoms with van der Waals surface area (Å²) in [5.74, 6) is 0.871. The van der Waals surface area contributed by atoms with Gasteiger partial charge in [-0.1, -0.05) is 20.3 Å². The lowest BCUT2D eigenvalue weighted by Gasteiger charge is -2.11. The van der Waals surface area contributed by atoms with Gasteiger partial charge in [0.1, 0.15) is 12.4 Å². The monoisotopic (exact) mass is 286 g/mol. The van der Waals surface area contributed by atoms with Crippen LogP contribution in [0.25, 0.3) is 0 Å². The van der Waals surface area contributed by atoms with Gasteiger partial charge in [0.2, 0.25) is 5.91 Å². The highest BCUT2D eigenvalue weighted by Crippen LogP contribution is 2.17. The van der Waals surface area contributed by atoms with E-state index in [9.17, 15) is 4.79 Å². The molecule has 0 aromatic heterocycles. The standard InChI is InChI=1S/C14H22N2O2.ClH/c1-3-4-11(2)14(17)16-12-5-7-13(8-6-12)18-10-9-15;/h5-8,11H,3-4,9-10,15H2,1-2H3,(H,16,17);1H. The molecule has 1 unspecified atom stereocenters. The number of carbonyl (C=O) groups is 1. The molecule has 0 aliphatic carbocycles. The smallest absolute Gasteiger partial charge is 0.227 e. The summed E-state index contributed by atoms with van der Waals surface area (Å²) in [7, 11) is 0. The molecule has 1 aromatic rings. The van der Waals surface area contributed by atoms with E-state index in [0.29, 0.717) is 13.2 Å². The lowest BCUT2D eigenvalue weighted by Crippen LogP contribution is -2.20.